The Bertz CT molecular complexity index is 665. The minimum atomic E-state index is -4.07. The van der Waals surface area contributed by atoms with E-state index in [1.807, 2.05) is 0 Å². The molecule has 0 bridgehead atoms. The number of nitrogens with two attached hydrogens (primary N) is 1. The van der Waals surface area contributed by atoms with E-state index < -0.39 is 47.7 Å². The molecule has 0 aliphatic heterocycles. The zero-order valence-corrected chi connectivity index (χ0v) is 13.8. The van der Waals surface area contributed by atoms with Crippen molar-refractivity contribution in [3.05, 3.63) is 33.9 Å². The fourth-order valence-corrected chi connectivity index (χ4v) is 3.90. The van der Waals surface area contributed by atoms with Crippen LogP contribution in [0.4, 0.5) is 5.69 Å². The van der Waals surface area contributed by atoms with Gasteiger partial charge in [0.15, 0.2) is 11.6 Å². The summed E-state index contributed by atoms with van der Waals surface area (Å²) in [7, 11) is -4.07. The van der Waals surface area contributed by atoms with Crippen LogP contribution in [0.2, 0.25) is 0 Å². The Hall–Kier alpha value is -2.00. The number of nitro benzene ring substituents is 1. The van der Waals surface area contributed by atoms with E-state index in [1.54, 1.807) is 6.92 Å². The van der Waals surface area contributed by atoms with Crippen LogP contribution in [0.3, 0.4) is 0 Å². The molecule has 1 aromatic carbocycles. The van der Waals surface area contributed by atoms with Crippen molar-refractivity contribution < 1.29 is 34.1 Å². The number of phenolic OH excluding ortho intramolecular Hbond substituents is 1. The summed E-state index contributed by atoms with van der Waals surface area (Å²) in [6.07, 6.45) is -0.688. The molecule has 0 fully saturated rings. The van der Waals surface area contributed by atoms with E-state index in [4.69, 9.17) is 15.6 Å². The third-order valence-corrected chi connectivity index (χ3v) is 5.33. The summed E-state index contributed by atoms with van der Waals surface area (Å²) in [5.41, 5.74) is 4.74. The van der Waals surface area contributed by atoms with Crippen molar-refractivity contribution in [2.24, 2.45) is 5.73 Å². The molecule has 3 atom stereocenters. The maximum absolute atomic E-state index is 12.5. The van der Waals surface area contributed by atoms with Gasteiger partial charge in [0.2, 0.25) is 7.37 Å². The van der Waals surface area contributed by atoms with E-state index >= 15 is 0 Å². The molecule has 1 aromatic rings. The lowest BCUT2D eigenvalue weighted by Crippen LogP contribution is -2.31. The summed E-state index contributed by atoms with van der Waals surface area (Å²) >= 11 is 0. The molecule has 10 nitrogen and oxygen atoms in total. The third kappa shape index (κ3) is 5.00. The van der Waals surface area contributed by atoms with Gasteiger partial charge >= 0.3 is 11.7 Å². The van der Waals surface area contributed by atoms with E-state index in [2.05, 4.69) is 0 Å². The highest BCUT2D eigenvalue weighted by Gasteiger charge is 2.35. The van der Waals surface area contributed by atoms with Crippen molar-refractivity contribution in [2.75, 3.05) is 12.8 Å². The van der Waals surface area contributed by atoms with Crippen molar-refractivity contribution in [3.63, 3.8) is 0 Å². The first-order valence-corrected chi connectivity index (χ1v) is 8.90. The SMILES string of the molecule is CCOC(c1ccc(O)c([N+](=O)[O-])c1)P(=O)(O)CC[C@H](N)C(=O)O. The molecule has 0 heterocycles. The first-order chi connectivity index (χ1) is 11.1. The second-order valence-electron chi connectivity index (χ2n) is 5.03. The van der Waals surface area contributed by atoms with Gasteiger partial charge in [-0.15, -0.1) is 0 Å². The van der Waals surface area contributed by atoms with Crippen molar-refractivity contribution >= 4 is 19.0 Å². The molecule has 24 heavy (non-hydrogen) atoms. The molecule has 0 aliphatic rings. The lowest BCUT2D eigenvalue weighted by molar-refractivity contribution is -0.386. The highest BCUT2D eigenvalue weighted by molar-refractivity contribution is 7.58. The highest BCUT2D eigenvalue weighted by Crippen LogP contribution is 2.57. The van der Waals surface area contributed by atoms with E-state index in [0.717, 1.165) is 12.1 Å². The summed E-state index contributed by atoms with van der Waals surface area (Å²) in [6, 6.07) is 1.92. The number of hydrogen-bond donors (Lipinski definition) is 4. The number of carboxylic acid groups (broad SMARTS) is 1. The van der Waals surface area contributed by atoms with E-state index in [1.165, 1.54) is 6.07 Å². The molecule has 0 saturated heterocycles. The Morgan fingerprint density at radius 3 is 2.62 bits per heavy atom. The molecule has 0 aromatic heterocycles. The van der Waals surface area contributed by atoms with Crippen LogP contribution in [-0.2, 0) is 14.1 Å². The monoisotopic (exact) mass is 362 g/mol. The van der Waals surface area contributed by atoms with Crippen molar-refractivity contribution in [3.8, 4) is 5.75 Å². The zero-order chi connectivity index (χ0) is 18.5. The van der Waals surface area contributed by atoms with Crippen LogP contribution >= 0.6 is 7.37 Å². The Kier molecular flexibility index (Phi) is 6.85. The summed E-state index contributed by atoms with van der Waals surface area (Å²) < 4.78 is 17.8. The van der Waals surface area contributed by atoms with Crippen LogP contribution in [0.15, 0.2) is 18.2 Å². The molecule has 0 radical (unpaired) electrons. The van der Waals surface area contributed by atoms with Gasteiger partial charge in [0.05, 0.1) is 4.92 Å². The summed E-state index contributed by atoms with van der Waals surface area (Å²) in [6.45, 7) is 1.62. The average molecular weight is 362 g/mol. The van der Waals surface area contributed by atoms with Crippen LogP contribution in [0.5, 0.6) is 5.75 Å². The second-order valence-corrected chi connectivity index (χ2v) is 7.45. The summed E-state index contributed by atoms with van der Waals surface area (Å²) in [5, 5.41) is 29.1. The minimum Gasteiger partial charge on any atom is -0.502 e. The van der Waals surface area contributed by atoms with Crippen LogP contribution < -0.4 is 5.73 Å². The zero-order valence-electron chi connectivity index (χ0n) is 12.9. The summed E-state index contributed by atoms with van der Waals surface area (Å²) in [5.74, 6) is -3.27. The number of aliphatic carboxylic acids is 1. The Morgan fingerprint density at radius 2 is 2.12 bits per heavy atom. The van der Waals surface area contributed by atoms with Crippen LogP contribution in [-0.4, -0.2) is 44.8 Å². The minimum absolute atomic E-state index is 0.0380. The first-order valence-electron chi connectivity index (χ1n) is 6.99. The number of carboxylic acids is 1. The maximum atomic E-state index is 12.5. The molecule has 11 heteroatoms. The summed E-state index contributed by atoms with van der Waals surface area (Å²) in [4.78, 5) is 31.0. The van der Waals surface area contributed by atoms with E-state index in [-0.39, 0.29) is 18.6 Å². The molecule has 5 N–H and O–H groups in total. The Morgan fingerprint density at radius 1 is 1.50 bits per heavy atom. The average Bonchev–Trinajstić information content (AvgIpc) is 2.50. The predicted molar refractivity (Wildman–Crippen MR) is 84.0 cm³/mol. The highest BCUT2D eigenvalue weighted by atomic mass is 31.2. The van der Waals surface area contributed by atoms with Gasteiger partial charge in [0.1, 0.15) is 6.04 Å². The number of phenols is 1. The number of aromatic hydroxyl groups is 1. The van der Waals surface area contributed by atoms with E-state index in [9.17, 15) is 29.5 Å². The smallest absolute Gasteiger partial charge is 0.320 e. The van der Waals surface area contributed by atoms with Gasteiger partial charge in [-0.05, 0) is 25.0 Å². The topological polar surface area (TPSA) is 173 Å². The van der Waals surface area contributed by atoms with Crippen LogP contribution in [0, 0.1) is 10.1 Å². The fourth-order valence-electron chi connectivity index (χ4n) is 2.01. The van der Waals surface area contributed by atoms with Crippen molar-refractivity contribution in [2.45, 2.75) is 25.2 Å². The van der Waals surface area contributed by atoms with Gasteiger partial charge in [-0.25, -0.2) is 0 Å². The molecule has 134 valence electrons. The number of nitrogens with zero attached hydrogens (tertiary/aromatic N) is 1. The van der Waals surface area contributed by atoms with Gasteiger partial charge in [-0.1, -0.05) is 6.07 Å². The molecule has 0 saturated carbocycles. The largest absolute Gasteiger partial charge is 0.502 e. The number of ether oxygens (including phenoxy) is 1. The van der Waals surface area contributed by atoms with Crippen LogP contribution in [0.25, 0.3) is 0 Å². The molecule has 2 unspecified atom stereocenters. The molecular weight excluding hydrogens is 343 g/mol. The van der Waals surface area contributed by atoms with Gasteiger partial charge in [-0.2, -0.15) is 0 Å². The first kappa shape index (κ1) is 20.0. The molecule has 0 amide bonds. The third-order valence-electron chi connectivity index (χ3n) is 3.25. The van der Waals surface area contributed by atoms with Crippen molar-refractivity contribution in [1.29, 1.82) is 0 Å². The van der Waals surface area contributed by atoms with Crippen molar-refractivity contribution in [1.82, 2.24) is 0 Å². The van der Waals surface area contributed by atoms with E-state index in [0.29, 0.717) is 0 Å². The number of hydrogen-bond acceptors (Lipinski definition) is 7. The molecule has 0 aliphatic carbocycles. The number of nitro groups is 1. The Balaban J connectivity index is 3.13. The molecule has 0 spiro atoms. The predicted octanol–water partition coefficient (Wildman–Crippen LogP) is 1.41. The quantitative estimate of drug-likeness (QED) is 0.287. The second kappa shape index (κ2) is 8.20. The molecule has 1 rings (SSSR count). The van der Waals surface area contributed by atoms with Gasteiger partial charge < -0.3 is 25.6 Å². The lowest BCUT2D eigenvalue weighted by Gasteiger charge is -2.24. The van der Waals surface area contributed by atoms with Crippen LogP contribution in [0.1, 0.15) is 24.8 Å². The van der Waals surface area contributed by atoms with Gasteiger partial charge in [0, 0.05) is 18.8 Å². The lowest BCUT2D eigenvalue weighted by atomic mass is 10.2. The number of carbonyl (C=O) groups is 1. The Labute approximate surface area is 137 Å². The maximum Gasteiger partial charge on any atom is 0.320 e. The standard InChI is InChI=1S/C13H19N2O8P/c1-2-23-13(24(21,22)6-5-9(14)12(17)18)8-3-4-11(16)10(7-8)15(19)20/h3-4,7,9,13,16H,2,5-6,14H2,1H3,(H,17,18)(H,21,22)/t9-,13?/m0/s1. The van der Waals surface area contributed by atoms with Gasteiger partial charge in [-0.3, -0.25) is 19.5 Å². The number of benzene rings is 1. The normalized spacial score (nSPS) is 16.1. The molecular formula is C13H19N2O8P. The number of rotatable bonds is 9. The van der Waals surface area contributed by atoms with Gasteiger partial charge in [0.25, 0.3) is 0 Å². The fraction of sp³-hybridized carbons (Fsp3) is 0.462.